The Hall–Kier alpha value is -0.710. The van der Waals surface area contributed by atoms with Gasteiger partial charge in [0, 0.05) is 13.1 Å². The second kappa shape index (κ2) is 1.17. The zero-order chi connectivity index (χ0) is 5.56. The third-order valence-electron chi connectivity index (χ3n) is 2.12. The largest absolute Gasteiger partial charge is 0.310 e. The molecule has 0 radical (unpaired) electrons. The molecule has 2 fully saturated rings. The quantitative estimate of drug-likeness (QED) is 0.420. The molecule has 0 N–H and O–H groups in total. The van der Waals surface area contributed by atoms with Gasteiger partial charge in [-0.1, -0.05) is 0 Å². The fourth-order valence-electron chi connectivity index (χ4n) is 1.48. The van der Waals surface area contributed by atoms with Crippen molar-refractivity contribution in [1.29, 1.82) is 5.26 Å². The van der Waals surface area contributed by atoms with E-state index in [9.17, 15) is 0 Å². The van der Waals surface area contributed by atoms with E-state index >= 15 is 0 Å². The third-order valence-corrected chi connectivity index (χ3v) is 2.12. The van der Waals surface area contributed by atoms with Crippen molar-refractivity contribution >= 4 is 0 Å². The van der Waals surface area contributed by atoms with Crippen LogP contribution in [0.2, 0.25) is 0 Å². The Morgan fingerprint density at radius 3 is 2.38 bits per heavy atom. The van der Waals surface area contributed by atoms with Crippen molar-refractivity contribution < 1.29 is 0 Å². The molecule has 1 aliphatic carbocycles. The predicted octanol–water partition coefficient (Wildman–Crippen LogP) is 0.419. The van der Waals surface area contributed by atoms with Gasteiger partial charge >= 0.3 is 0 Å². The molecule has 1 heterocycles. The molecule has 8 heavy (non-hydrogen) atoms. The summed E-state index contributed by atoms with van der Waals surface area (Å²) in [6.45, 7) is 2.09. The summed E-state index contributed by atoms with van der Waals surface area (Å²) in [5.41, 5.74) is 0. The van der Waals surface area contributed by atoms with E-state index in [2.05, 4.69) is 6.19 Å². The molecule has 2 atom stereocenters. The molecule has 0 bridgehead atoms. The van der Waals surface area contributed by atoms with Gasteiger partial charge in [0.1, 0.15) is 0 Å². The van der Waals surface area contributed by atoms with Crippen LogP contribution in [0.15, 0.2) is 0 Å². The lowest BCUT2D eigenvalue weighted by molar-refractivity contribution is 0.434. The second-order valence-electron chi connectivity index (χ2n) is 2.76. The van der Waals surface area contributed by atoms with Gasteiger partial charge in [-0.05, 0) is 18.3 Å². The van der Waals surface area contributed by atoms with Crippen molar-refractivity contribution in [2.45, 2.75) is 6.42 Å². The van der Waals surface area contributed by atoms with Crippen LogP contribution in [-0.2, 0) is 0 Å². The summed E-state index contributed by atoms with van der Waals surface area (Å²) in [4.78, 5) is 1.86. The molecule has 0 spiro atoms. The summed E-state index contributed by atoms with van der Waals surface area (Å²) in [7, 11) is 0. The Kier molecular flexibility index (Phi) is 0.611. The van der Waals surface area contributed by atoms with Crippen LogP contribution >= 0.6 is 0 Å². The summed E-state index contributed by atoms with van der Waals surface area (Å²) < 4.78 is 0. The molecular weight excluding hydrogens is 100 g/mol. The van der Waals surface area contributed by atoms with Crippen molar-refractivity contribution in [3.8, 4) is 6.19 Å². The average molecular weight is 108 g/mol. The van der Waals surface area contributed by atoms with E-state index in [1.807, 2.05) is 4.90 Å². The lowest BCUT2D eigenvalue weighted by atomic mass is 10.4. The maximum atomic E-state index is 8.38. The van der Waals surface area contributed by atoms with Crippen molar-refractivity contribution in [2.75, 3.05) is 13.1 Å². The molecule has 0 aromatic rings. The summed E-state index contributed by atoms with van der Waals surface area (Å²) in [5.74, 6) is 1.80. The molecule has 2 rings (SSSR count). The minimum Gasteiger partial charge on any atom is -0.310 e. The highest BCUT2D eigenvalue weighted by Gasteiger charge is 2.44. The first-order valence-corrected chi connectivity index (χ1v) is 3.05. The molecule has 2 nitrogen and oxygen atoms in total. The van der Waals surface area contributed by atoms with Gasteiger partial charge in [0.15, 0.2) is 6.19 Å². The molecule has 1 saturated carbocycles. The summed E-state index contributed by atoms with van der Waals surface area (Å²) in [5, 5.41) is 8.38. The summed E-state index contributed by atoms with van der Waals surface area (Å²) >= 11 is 0. The van der Waals surface area contributed by atoms with Gasteiger partial charge in [0.25, 0.3) is 0 Å². The highest BCUT2D eigenvalue weighted by atomic mass is 15.2. The van der Waals surface area contributed by atoms with Gasteiger partial charge < -0.3 is 4.90 Å². The Bertz CT molecular complexity index is 137. The van der Waals surface area contributed by atoms with Gasteiger partial charge in [-0.15, -0.1) is 0 Å². The fraction of sp³-hybridized carbons (Fsp3) is 0.833. The van der Waals surface area contributed by atoms with E-state index < -0.39 is 0 Å². The smallest absolute Gasteiger partial charge is 0.179 e. The fourth-order valence-corrected chi connectivity index (χ4v) is 1.48. The first-order chi connectivity index (χ1) is 3.90. The normalized spacial score (nSPS) is 41.1. The molecule has 0 aromatic carbocycles. The van der Waals surface area contributed by atoms with E-state index in [4.69, 9.17) is 5.26 Å². The number of nitrogens with zero attached hydrogens (tertiary/aromatic N) is 2. The van der Waals surface area contributed by atoms with Crippen molar-refractivity contribution in [3.05, 3.63) is 0 Å². The topological polar surface area (TPSA) is 27.0 Å². The maximum absolute atomic E-state index is 8.38. The number of hydrogen-bond donors (Lipinski definition) is 0. The monoisotopic (exact) mass is 108 g/mol. The van der Waals surface area contributed by atoms with Crippen LogP contribution in [0.5, 0.6) is 0 Å². The van der Waals surface area contributed by atoms with Crippen LogP contribution < -0.4 is 0 Å². The Labute approximate surface area is 48.7 Å². The average Bonchev–Trinajstić information content (AvgIpc) is 2.40. The van der Waals surface area contributed by atoms with Crippen LogP contribution in [0.3, 0.4) is 0 Å². The van der Waals surface area contributed by atoms with Crippen molar-refractivity contribution in [2.24, 2.45) is 11.8 Å². The molecular formula is C6H8N2. The number of likely N-dealkylation sites (tertiary alicyclic amines) is 1. The molecule has 1 aliphatic heterocycles. The van der Waals surface area contributed by atoms with E-state index in [1.165, 1.54) is 6.42 Å². The summed E-state index contributed by atoms with van der Waals surface area (Å²) in [6, 6.07) is 0. The van der Waals surface area contributed by atoms with Gasteiger partial charge in [-0.3, -0.25) is 0 Å². The number of rotatable bonds is 0. The van der Waals surface area contributed by atoms with Gasteiger partial charge in [-0.2, -0.15) is 5.26 Å². The SMILES string of the molecule is N#CN1CC2CC2C1. The highest BCUT2D eigenvalue weighted by Crippen LogP contribution is 2.44. The standard InChI is InChI=1S/C6H8N2/c7-4-8-2-5-1-6(5)3-8/h5-6H,1-3H2. The Balaban J connectivity index is 2.01. The van der Waals surface area contributed by atoms with Crippen molar-refractivity contribution in [3.63, 3.8) is 0 Å². The minimum atomic E-state index is 0.898. The molecule has 1 saturated heterocycles. The molecule has 42 valence electrons. The molecule has 2 aliphatic rings. The first kappa shape index (κ1) is 4.20. The number of hydrogen-bond acceptors (Lipinski definition) is 2. The molecule has 0 amide bonds. The van der Waals surface area contributed by atoms with Gasteiger partial charge in [-0.25, -0.2) is 0 Å². The lowest BCUT2D eigenvalue weighted by Crippen LogP contribution is -2.15. The Morgan fingerprint density at radius 2 is 2.00 bits per heavy atom. The van der Waals surface area contributed by atoms with Gasteiger partial charge in [0.05, 0.1) is 0 Å². The van der Waals surface area contributed by atoms with E-state index in [-0.39, 0.29) is 0 Å². The zero-order valence-electron chi connectivity index (χ0n) is 4.67. The number of fused-ring (bicyclic) bond motifs is 1. The van der Waals surface area contributed by atoms with Crippen LogP contribution in [-0.4, -0.2) is 18.0 Å². The maximum Gasteiger partial charge on any atom is 0.179 e. The molecule has 0 aromatic heterocycles. The van der Waals surface area contributed by atoms with Crippen LogP contribution in [0.4, 0.5) is 0 Å². The van der Waals surface area contributed by atoms with E-state index in [1.54, 1.807) is 0 Å². The van der Waals surface area contributed by atoms with Crippen molar-refractivity contribution in [1.82, 2.24) is 4.90 Å². The molecule has 2 heteroatoms. The van der Waals surface area contributed by atoms with Crippen LogP contribution in [0.25, 0.3) is 0 Å². The van der Waals surface area contributed by atoms with E-state index in [0.29, 0.717) is 0 Å². The predicted molar refractivity (Wildman–Crippen MR) is 28.8 cm³/mol. The lowest BCUT2D eigenvalue weighted by Gasteiger charge is -2.05. The van der Waals surface area contributed by atoms with Crippen LogP contribution in [0.1, 0.15) is 6.42 Å². The number of piperidine rings is 1. The first-order valence-electron chi connectivity index (χ1n) is 3.05. The molecule has 2 unspecified atom stereocenters. The van der Waals surface area contributed by atoms with Gasteiger partial charge in [0.2, 0.25) is 0 Å². The highest BCUT2D eigenvalue weighted by molar-refractivity contribution is 5.00. The van der Waals surface area contributed by atoms with Crippen LogP contribution in [0, 0.1) is 23.3 Å². The number of nitriles is 1. The zero-order valence-corrected chi connectivity index (χ0v) is 4.67. The summed E-state index contributed by atoms with van der Waals surface area (Å²) in [6.07, 6.45) is 3.55. The Morgan fingerprint density at radius 1 is 1.38 bits per heavy atom. The van der Waals surface area contributed by atoms with E-state index in [0.717, 1.165) is 24.9 Å². The third kappa shape index (κ3) is 0.416. The second-order valence-corrected chi connectivity index (χ2v) is 2.76. The minimum absolute atomic E-state index is 0.898.